The summed E-state index contributed by atoms with van der Waals surface area (Å²) in [6, 6.07) is 6.43. The molecule has 1 fully saturated rings. The van der Waals surface area contributed by atoms with E-state index in [-0.39, 0.29) is 5.82 Å². The van der Waals surface area contributed by atoms with Crippen LogP contribution in [-0.4, -0.2) is 42.7 Å². The molecule has 0 bridgehead atoms. The molecule has 1 unspecified atom stereocenters. The lowest BCUT2D eigenvalue weighted by atomic mass is 9.94. The molecule has 1 atom stereocenters. The average Bonchev–Trinajstić information content (AvgIpc) is 2.30. The minimum absolute atomic E-state index is 0.340. The molecule has 1 saturated heterocycles. The lowest BCUT2D eigenvalue weighted by Crippen LogP contribution is -2.48. The number of rotatable bonds is 3. The molecule has 2 rings (SSSR count). The zero-order valence-electron chi connectivity index (χ0n) is 10.1. The normalized spacial score (nSPS) is 21.1. The van der Waals surface area contributed by atoms with Gasteiger partial charge in [0.1, 0.15) is 11.4 Å². The Morgan fingerprint density at radius 2 is 2.00 bits per heavy atom. The molecule has 0 aliphatic carbocycles. The van der Waals surface area contributed by atoms with Gasteiger partial charge >= 0.3 is 0 Å². The van der Waals surface area contributed by atoms with E-state index in [9.17, 15) is 9.50 Å². The van der Waals surface area contributed by atoms with Gasteiger partial charge in [-0.2, -0.15) is 0 Å². The number of hydrogen-bond donors (Lipinski definition) is 2. The van der Waals surface area contributed by atoms with Crippen LogP contribution in [0.3, 0.4) is 0 Å². The fourth-order valence-electron chi connectivity index (χ4n) is 2.29. The van der Waals surface area contributed by atoms with Crippen molar-refractivity contribution >= 4 is 0 Å². The first-order valence-corrected chi connectivity index (χ1v) is 6.00. The second-order valence-electron chi connectivity index (χ2n) is 4.78. The Labute approximate surface area is 101 Å². The number of hydrogen-bond acceptors (Lipinski definition) is 3. The van der Waals surface area contributed by atoms with Crippen LogP contribution in [0.25, 0.3) is 0 Å². The van der Waals surface area contributed by atoms with Crippen LogP contribution in [-0.2, 0) is 5.60 Å². The van der Waals surface area contributed by atoms with E-state index in [2.05, 4.69) is 10.2 Å². The Morgan fingerprint density at radius 1 is 1.35 bits per heavy atom. The Kier molecular flexibility index (Phi) is 3.76. The van der Waals surface area contributed by atoms with Gasteiger partial charge in [0.2, 0.25) is 0 Å². The first-order valence-electron chi connectivity index (χ1n) is 6.00. The highest BCUT2D eigenvalue weighted by molar-refractivity contribution is 5.24. The van der Waals surface area contributed by atoms with Crippen LogP contribution >= 0.6 is 0 Å². The predicted molar refractivity (Wildman–Crippen MR) is 65.3 cm³/mol. The van der Waals surface area contributed by atoms with Crippen LogP contribution in [0.2, 0.25) is 0 Å². The van der Waals surface area contributed by atoms with Crippen molar-refractivity contribution in [3.63, 3.8) is 0 Å². The SMILES string of the molecule is CC(O)(CN1CCNCC1)c1ccccc1F. The number of aliphatic hydroxyl groups is 1. The molecular weight excluding hydrogens is 219 g/mol. The monoisotopic (exact) mass is 238 g/mol. The van der Waals surface area contributed by atoms with Gasteiger partial charge in [0.05, 0.1) is 0 Å². The Bertz CT molecular complexity index is 375. The van der Waals surface area contributed by atoms with E-state index in [1.807, 2.05) is 0 Å². The third-order valence-corrected chi connectivity index (χ3v) is 3.20. The molecule has 1 aromatic rings. The van der Waals surface area contributed by atoms with Crippen molar-refractivity contribution < 1.29 is 9.50 Å². The van der Waals surface area contributed by atoms with Crippen LogP contribution in [0.15, 0.2) is 24.3 Å². The van der Waals surface area contributed by atoms with Crippen molar-refractivity contribution in [3.8, 4) is 0 Å². The summed E-state index contributed by atoms with van der Waals surface area (Å²) < 4.78 is 13.6. The van der Waals surface area contributed by atoms with E-state index in [1.165, 1.54) is 6.07 Å². The quantitative estimate of drug-likeness (QED) is 0.822. The fourth-order valence-corrected chi connectivity index (χ4v) is 2.29. The van der Waals surface area contributed by atoms with Gasteiger partial charge in [-0.3, -0.25) is 4.90 Å². The third kappa shape index (κ3) is 3.03. The summed E-state index contributed by atoms with van der Waals surface area (Å²) in [4.78, 5) is 2.16. The summed E-state index contributed by atoms with van der Waals surface area (Å²) >= 11 is 0. The van der Waals surface area contributed by atoms with E-state index in [4.69, 9.17) is 0 Å². The smallest absolute Gasteiger partial charge is 0.129 e. The maximum absolute atomic E-state index is 13.6. The standard InChI is InChI=1S/C13H19FN2O/c1-13(17,10-16-8-6-15-7-9-16)11-4-2-3-5-12(11)14/h2-5,15,17H,6-10H2,1H3. The minimum Gasteiger partial charge on any atom is -0.384 e. The van der Waals surface area contributed by atoms with Crippen LogP contribution in [0.4, 0.5) is 4.39 Å². The van der Waals surface area contributed by atoms with Crippen molar-refractivity contribution in [2.75, 3.05) is 32.7 Å². The number of nitrogens with zero attached hydrogens (tertiary/aromatic N) is 1. The molecule has 1 aliphatic rings. The van der Waals surface area contributed by atoms with E-state index in [0.717, 1.165) is 26.2 Å². The van der Waals surface area contributed by atoms with Gasteiger partial charge in [-0.15, -0.1) is 0 Å². The van der Waals surface area contributed by atoms with Gasteiger partial charge in [-0.05, 0) is 13.0 Å². The van der Waals surface area contributed by atoms with E-state index in [0.29, 0.717) is 12.1 Å². The molecule has 0 radical (unpaired) electrons. The van der Waals surface area contributed by atoms with E-state index < -0.39 is 5.60 Å². The molecule has 17 heavy (non-hydrogen) atoms. The minimum atomic E-state index is -1.14. The molecule has 1 aliphatic heterocycles. The summed E-state index contributed by atoms with van der Waals surface area (Å²) in [5.74, 6) is -0.340. The molecule has 1 aromatic carbocycles. The Morgan fingerprint density at radius 3 is 2.65 bits per heavy atom. The van der Waals surface area contributed by atoms with Gasteiger partial charge in [0.25, 0.3) is 0 Å². The zero-order chi connectivity index (χ0) is 12.3. The van der Waals surface area contributed by atoms with Crippen LogP contribution < -0.4 is 5.32 Å². The van der Waals surface area contributed by atoms with Gasteiger partial charge in [-0.25, -0.2) is 4.39 Å². The summed E-state index contributed by atoms with van der Waals surface area (Å²) in [5, 5.41) is 13.7. The second kappa shape index (κ2) is 5.12. The number of nitrogens with one attached hydrogen (secondary N) is 1. The van der Waals surface area contributed by atoms with Crippen molar-refractivity contribution in [1.82, 2.24) is 10.2 Å². The lowest BCUT2D eigenvalue weighted by molar-refractivity contribution is 0.00977. The molecule has 1 heterocycles. The molecular formula is C13H19FN2O. The molecule has 4 heteroatoms. The highest BCUT2D eigenvalue weighted by atomic mass is 19.1. The summed E-state index contributed by atoms with van der Waals surface area (Å²) in [5.41, 5.74) is -0.763. The first-order chi connectivity index (χ1) is 8.09. The molecule has 3 nitrogen and oxygen atoms in total. The predicted octanol–water partition coefficient (Wildman–Crippen LogP) is 0.938. The lowest BCUT2D eigenvalue weighted by Gasteiger charge is -2.34. The number of halogens is 1. The van der Waals surface area contributed by atoms with Gasteiger partial charge < -0.3 is 10.4 Å². The average molecular weight is 238 g/mol. The molecule has 2 N–H and O–H groups in total. The zero-order valence-corrected chi connectivity index (χ0v) is 10.1. The van der Waals surface area contributed by atoms with Gasteiger partial charge in [-0.1, -0.05) is 18.2 Å². The van der Waals surface area contributed by atoms with Crippen molar-refractivity contribution in [2.24, 2.45) is 0 Å². The van der Waals surface area contributed by atoms with E-state index in [1.54, 1.807) is 25.1 Å². The maximum atomic E-state index is 13.6. The third-order valence-electron chi connectivity index (χ3n) is 3.20. The Hall–Kier alpha value is -0.970. The highest BCUT2D eigenvalue weighted by Gasteiger charge is 2.29. The van der Waals surface area contributed by atoms with Crippen LogP contribution in [0.1, 0.15) is 12.5 Å². The summed E-state index contributed by atoms with van der Waals surface area (Å²) in [7, 11) is 0. The summed E-state index contributed by atoms with van der Waals surface area (Å²) in [6.07, 6.45) is 0. The van der Waals surface area contributed by atoms with Crippen LogP contribution in [0.5, 0.6) is 0 Å². The summed E-state index contributed by atoms with van der Waals surface area (Å²) in [6.45, 7) is 5.78. The molecule has 0 aromatic heterocycles. The second-order valence-corrected chi connectivity index (χ2v) is 4.78. The molecule has 0 spiro atoms. The van der Waals surface area contributed by atoms with Crippen LogP contribution in [0, 0.1) is 5.82 Å². The largest absolute Gasteiger partial charge is 0.384 e. The number of piperazine rings is 1. The Balaban J connectivity index is 2.10. The fraction of sp³-hybridized carbons (Fsp3) is 0.538. The van der Waals surface area contributed by atoms with Crippen molar-refractivity contribution in [3.05, 3.63) is 35.6 Å². The van der Waals surface area contributed by atoms with Gasteiger partial charge in [0.15, 0.2) is 0 Å². The molecule has 94 valence electrons. The van der Waals surface area contributed by atoms with Gasteiger partial charge in [0, 0.05) is 38.3 Å². The maximum Gasteiger partial charge on any atom is 0.129 e. The van der Waals surface area contributed by atoms with Crippen molar-refractivity contribution in [1.29, 1.82) is 0 Å². The molecule has 0 amide bonds. The number of β-amino-alcohol motifs (C(OH)–C–C–N with tert-alkyl or cyclic N) is 1. The number of benzene rings is 1. The highest BCUT2D eigenvalue weighted by Crippen LogP contribution is 2.24. The van der Waals surface area contributed by atoms with Crippen molar-refractivity contribution in [2.45, 2.75) is 12.5 Å². The molecule has 0 saturated carbocycles. The van der Waals surface area contributed by atoms with E-state index >= 15 is 0 Å². The first kappa shape index (κ1) is 12.5. The topological polar surface area (TPSA) is 35.5 Å².